The third-order valence-corrected chi connectivity index (χ3v) is 3.92. The summed E-state index contributed by atoms with van der Waals surface area (Å²) in [5.74, 6) is 0.0926. The van der Waals surface area contributed by atoms with Crippen LogP contribution in [0.5, 0.6) is 0 Å². The first kappa shape index (κ1) is 13.7. The van der Waals surface area contributed by atoms with E-state index < -0.39 is 5.41 Å². The summed E-state index contributed by atoms with van der Waals surface area (Å²) >= 11 is 0. The van der Waals surface area contributed by atoms with Gasteiger partial charge in [0.25, 0.3) is 0 Å². The number of rotatable bonds is 3. The zero-order valence-electron chi connectivity index (χ0n) is 10.6. The summed E-state index contributed by atoms with van der Waals surface area (Å²) in [6, 6.07) is 0. The average molecular weight is 258 g/mol. The van der Waals surface area contributed by atoms with Crippen molar-refractivity contribution in [3.63, 3.8) is 0 Å². The number of aliphatic hydroxyl groups excluding tert-OH is 1. The second-order valence-corrected chi connectivity index (χ2v) is 5.02. The minimum absolute atomic E-state index is 0.0531. The summed E-state index contributed by atoms with van der Waals surface area (Å²) in [5.41, 5.74) is 5.35. The first-order valence-electron chi connectivity index (χ1n) is 6.51. The lowest BCUT2D eigenvalue weighted by Gasteiger charge is -2.41. The van der Waals surface area contributed by atoms with Crippen molar-refractivity contribution in [2.75, 3.05) is 46.1 Å². The highest BCUT2D eigenvalue weighted by atomic mass is 16.5. The number of ether oxygens (including phenoxy) is 2. The van der Waals surface area contributed by atoms with E-state index in [1.807, 2.05) is 0 Å². The zero-order valence-corrected chi connectivity index (χ0v) is 10.6. The van der Waals surface area contributed by atoms with Gasteiger partial charge in [0.15, 0.2) is 0 Å². The highest BCUT2D eigenvalue weighted by molar-refractivity contribution is 5.83. The van der Waals surface area contributed by atoms with Gasteiger partial charge in [-0.3, -0.25) is 4.79 Å². The summed E-state index contributed by atoms with van der Waals surface area (Å²) in [7, 11) is 0. The SMILES string of the molecule is NCC1(C(=O)N2CCOC(CO)C2)CCOCC1. The molecule has 3 N–H and O–H groups in total. The molecule has 0 aromatic rings. The fraction of sp³-hybridized carbons (Fsp3) is 0.917. The lowest BCUT2D eigenvalue weighted by molar-refractivity contribution is -0.155. The molecule has 2 fully saturated rings. The van der Waals surface area contributed by atoms with Crippen molar-refractivity contribution in [1.29, 1.82) is 0 Å². The molecule has 0 radical (unpaired) electrons. The van der Waals surface area contributed by atoms with Crippen LogP contribution in [0.3, 0.4) is 0 Å². The Morgan fingerprint density at radius 2 is 2.11 bits per heavy atom. The molecule has 2 rings (SSSR count). The molecule has 0 aliphatic carbocycles. The fourth-order valence-corrected chi connectivity index (χ4v) is 2.62. The number of hydrogen-bond donors (Lipinski definition) is 2. The fourth-order valence-electron chi connectivity index (χ4n) is 2.62. The van der Waals surface area contributed by atoms with Gasteiger partial charge in [-0.05, 0) is 12.8 Å². The molecule has 0 spiro atoms. The van der Waals surface area contributed by atoms with Gasteiger partial charge in [-0.15, -0.1) is 0 Å². The summed E-state index contributed by atoms with van der Waals surface area (Å²) < 4.78 is 10.7. The molecule has 0 bridgehead atoms. The van der Waals surface area contributed by atoms with Crippen molar-refractivity contribution < 1.29 is 19.4 Å². The molecule has 2 saturated heterocycles. The average Bonchev–Trinajstić information content (AvgIpc) is 2.47. The van der Waals surface area contributed by atoms with Crippen molar-refractivity contribution in [3.05, 3.63) is 0 Å². The molecule has 0 saturated carbocycles. The number of aliphatic hydroxyl groups is 1. The summed E-state index contributed by atoms with van der Waals surface area (Å²) in [6.45, 7) is 3.01. The molecule has 1 unspecified atom stereocenters. The van der Waals surface area contributed by atoms with E-state index in [4.69, 9.17) is 20.3 Å². The number of carbonyl (C=O) groups is 1. The third-order valence-electron chi connectivity index (χ3n) is 3.92. The second-order valence-electron chi connectivity index (χ2n) is 5.02. The van der Waals surface area contributed by atoms with E-state index in [-0.39, 0.29) is 18.6 Å². The van der Waals surface area contributed by atoms with Crippen LogP contribution in [0.15, 0.2) is 0 Å². The summed E-state index contributed by atoms with van der Waals surface area (Å²) in [5, 5.41) is 9.11. The highest BCUT2D eigenvalue weighted by Gasteiger charge is 2.42. The normalized spacial score (nSPS) is 28.1. The molecule has 2 aliphatic heterocycles. The Morgan fingerprint density at radius 3 is 2.72 bits per heavy atom. The molecule has 2 aliphatic rings. The predicted octanol–water partition coefficient (Wildman–Crippen LogP) is -1.04. The Labute approximate surface area is 107 Å². The van der Waals surface area contributed by atoms with Gasteiger partial charge >= 0.3 is 0 Å². The third kappa shape index (κ3) is 2.66. The molecule has 0 aromatic heterocycles. The molecule has 2 heterocycles. The Morgan fingerprint density at radius 1 is 1.39 bits per heavy atom. The first-order valence-corrected chi connectivity index (χ1v) is 6.51. The van der Waals surface area contributed by atoms with Crippen LogP contribution in [0, 0.1) is 5.41 Å². The number of morpholine rings is 1. The Balaban J connectivity index is 2.04. The van der Waals surface area contributed by atoms with Gasteiger partial charge in [0, 0.05) is 32.8 Å². The standard InChI is InChI=1S/C12H22N2O4/c13-9-12(1-4-17-5-2-12)11(16)14-3-6-18-10(7-14)8-15/h10,15H,1-9,13H2. The van der Waals surface area contributed by atoms with E-state index in [0.717, 1.165) is 0 Å². The molecule has 6 nitrogen and oxygen atoms in total. The minimum Gasteiger partial charge on any atom is -0.394 e. The monoisotopic (exact) mass is 258 g/mol. The molecule has 6 heteroatoms. The van der Waals surface area contributed by atoms with Crippen LogP contribution in [-0.4, -0.2) is 68.1 Å². The molecule has 0 aromatic carbocycles. The zero-order chi connectivity index (χ0) is 13.0. The molecular formula is C12H22N2O4. The van der Waals surface area contributed by atoms with Gasteiger partial charge in [0.2, 0.25) is 5.91 Å². The molecule has 1 atom stereocenters. The van der Waals surface area contributed by atoms with Gasteiger partial charge in [-0.25, -0.2) is 0 Å². The predicted molar refractivity (Wildman–Crippen MR) is 64.9 cm³/mol. The number of carbonyl (C=O) groups excluding carboxylic acids is 1. The van der Waals surface area contributed by atoms with Crippen molar-refractivity contribution in [2.24, 2.45) is 11.1 Å². The lowest BCUT2D eigenvalue weighted by atomic mass is 9.78. The summed E-state index contributed by atoms with van der Waals surface area (Å²) in [4.78, 5) is 14.4. The minimum atomic E-state index is -0.477. The largest absolute Gasteiger partial charge is 0.394 e. The van der Waals surface area contributed by atoms with E-state index in [9.17, 15) is 4.79 Å². The van der Waals surface area contributed by atoms with Crippen LogP contribution >= 0.6 is 0 Å². The van der Waals surface area contributed by atoms with Gasteiger partial charge in [-0.2, -0.15) is 0 Å². The van der Waals surface area contributed by atoms with Crippen molar-refractivity contribution in [2.45, 2.75) is 18.9 Å². The topological polar surface area (TPSA) is 85.0 Å². The number of nitrogens with two attached hydrogens (primary N) is 1. The smallest absolute Gasteiger partial charge is 0.230 e. The van der Waals surface area contributed by atoms with E-state index in [0.29, 0.717) is 52.3 Å². The lowest BCUT2D eigenvalue weighted by Crippen LogP contribution is -2.55. The molecular weight excluding hydrogens is 236 g/mol. The maximum Gasteiger partial charge on any atom is 0.230 e. The van der Waals surface area contributed by atoms with E-state index in [1.54, 1.807) is 4.90 Å². The van der Waals surface area contributed by atoms with Crippen LogP contribution < -0.4 is 5.73 Å². The van der Waals surface area contributed by atoms with E-state index >= 15 is 0 Å². The molecule has 1 amide bonds. The van der Waals surface area contributed by atoms with Crippen molar-refractivity contribution in [3.8, 4) is 0 Å². The van der Waals surface area contributed by atoms with Crippen LogP contribution in [0.25, 0.3) is 0 Å². The molecule has 18 heavy (non-hydrogen) atoms. The van der Waals surface area contributed by atoms with Gasteiger partial charge in [0.1, 0.15) is 0 Å². The first-order chi connectivity index (χ1) is 8.72. The van der Waals surface area contributed by atoms with Crippen molar-refractivity contribution in [1.82, 2.24) is 4.90 Å². The maximum atomic E-state index is 12.6. The van der Waals surface area contributed by atoms with Crippen molar-refractivity contribution >= 4 is 5.91 Å². The highest BCUT2D eigenvalue weighted by Crippen LogP contribution is 2.32. The molecule has 104 valence electrons. The van der Waals surface area contributed by atoms with Gasteiger partial charge in [0.05, 0.1) is 24.7 Å². The maximum absolute atomic E-state index is 12.6. The second kappa shape index (κ2) is 5.97. The number of hydrogen-bond acceptors (Lipinski definition) is 5. The quantitative estimate of drug-likeness (QED) is 0.675. The van der Waals surface area contributed by atoms with Gasteiger partial charge in [-0.1, -0.05) is 0 Å². The Hall–Kier alpha value is -0.690. The van der Waals surface area contributed by atoms with Crippen LogP contribution in [0.2, 0.25) is 0 Å². The van der Waals surface area contributed by atoms with E-state index in [1.165, 1.54) is 0 Å². The van der Waals surface area contributed by atoms with Crippen LogP contribution in [0.4, 0.5) is 0 Å². The van der Waals surface area contributed by atoms with Crippen LogP contribution in [0.1, 0.15) is 12.8 Å². The van der Waals surface area contributed by atoms with Crippen LogP contribution in [-0.2, 0) is 14.3 Å². The van der Waals surface area contributed by atoms with Gasteiger partial charge < -0.3 is 25.2 Å². The Kier molecular flexibility index (Phi) is 4.55. The summed E-state index contributed by atoms with van der Waals surface area (Å²) in [6.07, 6.45) is 1.10. The Bertz CT molecular complexity index is 292. The van der Waals surface area contributed by atoms with E-state index in [2.05, 4.69) is 0 Å². The number of amides is 1. The number of nitrogens with zero attached hydrogens (tertiary/aromatic N) is 1.